The third-order valence-electron chi connectivity index (χ3n) is 1.15. The molecule has 1 aromatic carbocycles. The van der Waals surface area contributed by atoms with Crippen molar-refractivity contribution in [2.75, 3.05) is 6.61 Å². The fourth-order valence-electron chi connectivity index (χ4n) is 0.702. The van der Waals surface area contributed by atoms with Gasteiger partial charge in [-0.2, -0.15) is 4.39 Å². The van der Waals surface area contributed by atoms with Crippen molar-refractivity contribution in [2.45, 2.75) is 6.92 Å². The maximum atomic E-state index is 12.7. The van der Waals surface area contributed by atoms with Gasteiger partial charge in [-0.15, -0.1) is 0 Å². The average molecular weight is 157 g/mol. The van der Waals surface area contributed by atoms with Gasteiger partial charge in [-0.3, -0.25) is 0 Å². The zero-order chi connectivity index (χ0) is 8.27. The highest BCUT2D eigenvalue weighted by Crippen LogP contribution is 2.18. The molecule has 0 aliphatic heterocycles. The topological polar surface area (TPSA) is 9.23 Å². The van der Waals surface area contributed by atoms with Gasteiger partial charge in [0.1, 0.15) is 0 Å². The molecule has 0 heterocycles. The maximum Gasteiger partial charge on any atom is 0.201 e. The van der Waals surface area contributed by atoms with Crippen molar-refractivity contribution in [1.82, 2.24) is 0 Å². The first-order valence-corrected chi connectivity index (χ1v) is 3.24. The Morgan fingerprint density at radius 2 is 2.27 bits per heavy atom. The molecule has 0 saturated heterocycles. The lowest BCUT2D eigenvalue weighted by Gasteiger charge is -2.02. The standard InChI is InChI=1S/C8H7F2O/c1-2-11-7-5-3-4-6(9)8(7)10/h3,5H,2H2,1H3. The molecule has 1 rings (SSSR count). The van der Waals surface area contributed by atoms with E-state index in [4.69, 9.17) is 4.74 Å². The van der Waals surface area contributed by atoms with Crippen LogP contribution in [0.5, 0.6) is 5.75 Å². The quantitative estimate of drug-likeness (QED) is 0.639. The lowest BCUT2D eigenvalue weighted by atomic mass is 10.3. The van der Waals surface area contributed by atoms with Crippen molar-refractivity contribution in [3.05, 3.63) is 29.8 Å². The molecule has 1 radical (unpaired) electrons. The van der Waals surface area contributed by atoms with E-state index in [-0.39, 0.29) is 5.75 Å². The van der Waals surface area contributed by atoms with E-state index in [0.29, 0.717) is 6.61 Å². The Morgan fingerprint density at radius 3 is 2.91 bits per heavy atom. The molecular weight excluding hydrogens is 150 g/mol. The summed E-state index contributed by atoms with van der Waals surface area (Å²) in [6.45, 7) is 2.02. The number of rotatable bonds is 2. The largest absolute Gasteiger partial charge is 0.491 e. The van der Waals surface area contributed by atoms with Crippen LogP contribution in [0.15, 0.2) is 12.1 Å². The van der Waals surface area contributed by atoms with Gasteiger partial charge in [0, 0.05) is 6.07 Å². The summed E-state index contributed by atoms with van der Waals surface area (Å²) < 4.78 is 29.8. The minimum Gasteiger partial charge on any atom is -0.491 e. The second kappa shape index (κ2) is 3.32. The molecule has 1 aromatic rings. The molecule has 0 atom stereocenters. The van der Waals surface area contributed by atoms with E-state index < -0.39 is 11.6 Å². The number of halogens is 2. The zero-order valence-corrected chi connectivity index (χ0v) is 6.03. The molecule has 11 heavy (non-hydrogen) atoms. The summed E-state index contributed by atoms with van der Waals surface area (Å²) in [5.74, 6) is -2.05. The summed E-state index contributed by atoms with van der Waals surface area (Å²) in [6.07, 6.45) is 0. The fourth-order valence-corrected chi connectivity index (χ4v) is 0.702. The molecule has 0 bridgehead atoms. The third-order valence-corrected chi connectivity index (χ3v) is 1.15. The minimum atomic E-state index is -1.00. The van der Waals surface area contributed by atoms with Gasteiger partial charge in [-0.25, -0.2) is 4.39 Å². The predicted molar refractivity (Wildman–Crippen MR) is 36.4 cm³/mol. The zero-order valence-electron chi connectivity index (χ0n) is 6.03. The molecule has 59 valence electrons. The molecule has 0 N–H and O–H groups in total. The Hall–Kier alpha value is -1.12. The first kappa shape index (κ1) is 7.98. The van der Waals surface area contributed by atoms with Gasteiger partial charge in [0.2, 0.25) is 5.82 Å². The molecule has 0 aliphatic carbocycles. The second-order valence-electron chi connectivity index (χ2n) is 1.90. The van der Waals surface area contributed by atoms with Crippen LogP contribution < -0.4 is 4.74 Å². The predicted octanol–water partition coefficient (Wildman–Crippen LogP) is 2.16. The van der Waals surface area contributed by atoms with Gasteiger partial charge < -0.3 is 4.74 Å². The minimum absolute atomic E-state index is 0.0660. The Labute approximate surface area is 63.6 Å². The highest BCUT2D eigenvalue weighted by Gasteiger charge is 2.07. The second-order valence-corrected chi connectivity index (χ2v) is 1.90. The lowest BCUT2D eigenvalue weighted by molar-refractivity contribution is 0.314. The van der Waals surface area contributed by atoms with Crippen molar-refractivity contribution in [1.29, 1.82) is 0 Å². The molecule has 1 nitrogen and oxygen atoms in total. The summed E-state index contributed by atoms with van der Waals surface area (Å²) in [5, 5.41) is 0. The summed E-state index contributed by atoms with van der Waals surface area (Å²) >= 11 is 0. The SMILES string of the molecule is CCOc1cc[c]c(F)c1F. The summed E-state index contributed by atoms with van der Waals surface area (Å²) in [4.78, 5) is 0. The highest BCUT2D eigenvalue weighted by atomic mass is 19.2. The molecule has 0 fully saturated rings. The normalized spacial score (nSPS) is 9.73. The van der Waals surface area contributed by atoms with Crippen molar-refractivity contribution < 1.29 is 13.5 Å². The smallest absolute Gasteiger partial charge is 0.201 e. The highest BCUT2D eigenvalue weighted by molar-refractivity contribution is 5.24. The van der Waals surface area contributed by atoms with Crippen LogP contribution >= 0.6 is 0 Å². The van der Waals surface area contributed by atoms with Crippen LogP contribution in [0, 0.1) is 17.7 Å². The van der Waals surface area contributed by atoms with Gasteiger partial charge in [-0.05, 0) is 19.1 Å². The number of ether oxygens (including phenoxy) is 1. The van der Waals surface area contributed by atoms with E-state index in [0.717, 1.165) is 0 Å². The Bertz CT molecular complexity index is 248. The Morgan fingerprint density at radius 1 is 1.55 bits per heavy atom. The van der Waals surface area contributed by atoms with Crippen molar-refractivity contribution >= 4 is 0 Å². The Balaban J connectivity index is 2.96. The molecule has 0 saturated carbocycles. The molecule has 0 spiro atoms. The number of benzene rings is 1. The monoisotopic (exact) mass is 157 g/mol. The van der Waals surface area contributed by atoms with Crippen LogP contribution in [0.1, 0.15) is 6.92 Å². The summed E-state index contributed by atoms with van der Waals surface area (Å²) in [5.41, 5.74) is 0. The van der Waals surface area contributed by atoms with E-state index in [1.54, 1.807) is 6.92 Å². The van der Waals surface area contributed by atoms with E-state index in [1.165, 1.54) is 12.1 Å². The van der Waals surface area contributed by atoms with Gasteiger partial charge in [0.25, 0.3) is 0 Å². The van der Waals surface area contributed by atoms with E-state index in [9.17, 15) is 8.78 Å². The van der Waals surface area contributed by atoms with Crippen molar-refractivity contribution in [2.24, 2.45) is 0 Å². The molecule has 3 heteroatoms. The average Bonchev–Trinajstić information content (AvgIpc) is 1.99. The van der Waals surface area contributed by atoms with Crippen LogP contribution in [0.25, 0.3) is 0 Å². The lowest BCUT2D eigenvalue weighted by Crippen LogP contribution is -1.96. The van der Waals surface area contributed by atoms with Gasteiger partial charge in [-0.1, -0.05) is 0 Å². The van der Waals surface area contributed by atoms with Crippen LogP contribution in [0.2, 0.25) is 0 Å². The third kappa shape index (κ3) is 1.67. The molecule has 0 aromatic heterocycles. The van der Waals surface area contributed by atoms with Gasteiger partial charge in [0.15, 0.2) is 11.6 Å². The maximum absolute atomic E-state index is 12.7. The summed E-state index contributed by atoms with van der Waals surface area (Å²) in [7, 11) is 0. The molecule has 0 unspecified atom stereocenters. The van der Waals surface area contributed by atoms with Crippen LogP contribution in [-0.2, 0) is 0 Å². The number of hydrogen-bond donors (Lipinski definition) is 0. The molecule has 0 amide bonds. The fraction of sp³-hybridized carbons (Fsp3) is 0.250. The van der Waals surface area contributed by atoms with Gasteiger partial charge in [0.05, 0.1) is 6.61 Å². The first-order valence-electron chi connectivity index (χ1n) is 3.24. The van der Waals surface area contributed by atoms with E-state index in [2.05, 4.69) is 6.07 Å². The van der Waals surface area contributed by atoms with E-state index >= 15 is 0 Å². The van der Waals surface area contributed by atoms with Crippen LogP contribution in [-0.4, -0.2) is 6.61 Å². The summed E-state index contributed by atoms with van der Waals surface area (Å²) in [6, 6.07) is 4.69. The van der Waals surface area contributed by atoms with Crippen molar-refractivity contribution in [3.8, 4) is 5.75 Å². The number of hydrogen-bond acceptors (Lipinski definition) is 1. The van der Waals surface area contributed by atoms with Crippen LogP contribution in [0.4, 0.5) is 8.78 Å². The van der Waals surface area contributed by atoms with E-state index in [1.807, 2.05) is 0 Å². The van der Waals surface area contributed by atoms with Gasteiger partial charge >= 0.3 is 0 Å². The molecular formula is C8H7F2O. The van der Waals surface area contributed by atoms with Crippen molar-refractivity contribution in [3.63, 3.8) is 0 Å². The Kier molecular flexibility index (Phi) is 2.41. The van der Waals surface area contributed by atoms with Crippen LogP contribution in [0.3, 0.4) is 0 Å². The first-order chi connectivity index (χ1) is 5.25. The molecule has 0 aliphatic rings.